The largest absolute Gasteiger partial charge is 0.464 e. The summed E-state index contributed by atoms with van der Waals surface area (Å²) in [5, 5.41) is 2.57. The maximum Gasteiger partial charge on any atom is 0.355 e. The first kappa shape index (κ1) is 27.1. The first-order valence-electron chi connectivity index (χ1n) is 11.9. The van der Waals surface area contributed by atoms with Gasteiger partial charge in [-0.1, -0.05) is 25.1 Å². The number of esters is 1. The molecule has 0 aliphatic heterocycles. The molecular formula is C28H24F2N4O5. The lowest BCUT2D eigenvalue weighted by Gasteiger charge is -2.20. The van der Waals surface area contributed by atoms with Crippen molar-refractivity contribution in [1.29, 1.82) is 0 Å². The Kier molecular flexibility index (Phi) is 7.52. The van der Waals surface area contributed by atoms with Crippen LogP contribution in [0.4, 0.5) is 8.78 Å². The molecule has 9 nitrogen and oxygen atoms in total. The van der Waals surface area contributed by atoms with Crippen LogP contribution in [0.2, 0.25) is 0 Å². The van der Waals surface area contributed by atoms with Gasteiger partial charge in [0, 0.05) is 29.8 Å². The zero-order valence-corrected chi connectivity index (χ0v) is 21.0. The first-order valence-corrected chi connectivity index (χ1v) is 11.9. The Bertz CT molecular complexity index is 1630. The van der Waals surface area contributed by atoms with Crippen LogP contribution in [0.25, 0.3) is 16.7 Å². The van der Waals surface area contributed by atoms with Gasteiger partial charge in [0.25, 0.3) is 11.8 Å². The van der Waals surface area contributed by atoms with Gasteiger partial charge in [0.1, 0.15) is 17.0 Å². The molecule has 0 fully saturated rings. The summed E-state index contributed by atoms with van der Waals surface area (Å²) in [6.07, 6.45) is -0.518. The zero-order chi connectivity index (χ0) is 28.3. The van der Waals surface area contributed by atoms with E-state index >= 15 is 0 Å². The van der Waals surface area contributed by atoms with Gasteiger partial charge in [-0.3, -0.25) is 19.0 Å². The van der Waals surface area contributed by atoms with E-state index in [0.29, 0.717) is 5.69 Å². The number of hydrogen-bond acceptors (Lipinski definition) is 6. The zero-order valence-electron chi connectivity index (χ0n) is 21.0. The quantitative estimate of drug-likeness (QED) is 0.331. The van der Waals surface area contributed by atoms with Gasteiger partial charge in [-0.25, -0.2) is 9.78 Å². The fraction of sp³-hybridized carbons (Fsp3) is 0.179. The summed E-state index contributed by atoms with van der Waals surface area (Å²) in [6.45, 7) is 0.915. The molecule has 4 rings (SSSR count). The maximum atomic E-state index is 14.6. The molecule has 2 heterocycles. The molecule has 0 radical (unpaired) electrons. The Morgan fingerprint density at radius 3 is 2.23 bits per heavy atom. The molecule has 0 spiro atoms. The van der Waals surface area contributed by atoms with E-state index in [4.69, 9.17) is 10.5 Å². The van der Waals surface area contributed by atoms with Crippen LogP contribution in [0.3, 0.4) is 0 Å². The monoisotopic (exact) mass is 534 g/mol. The van der Waals surface area contributed by atoms with E-state index in [-0.39, 0.29) is 33.4 Å². The Balaban J connectivity index is 1.91. The number of pyridine rings is 2. The minimum Gasteiger partial charge on any atom is -0.464 e. The molecule has 11 heteroatoms. The molecule has 0 atom stereocenters. The number of primary amides is 1. The van der Waals surface area contributed by atoms with E-state index in [1.165, 1.54) is 41.8 Å². The number of aromatic nitrogens is 2. The lowest BCUT2D eigenvalue weighted by molar-refractivity contribution is -0.0125. The number of alkyl halides is 2. The van der Waals surface area contributed by atoms with Gasteiger partial charge in [-0.2, -0.15) is 8.78 Å². The third kappa shape index (κ3) is 5.24. The average molecular weight is 535 g/mol. The number of halogens is 2. The molecule has 2 aromatic carbocycles. The molecule has 39 heavy (non-hydrogen) atoms. The number of fused-ring (bicyclic) bond motifs is 1. The third-order valence-electron chi connectivity index (χ3n) is 6.18. The molecule has 2 amide bonds. The van der Waals surface area contributed by atoms with Crippen LogP contribution in [0.1, 0.15) is 55.8 Å². The number of carbonyl (C=O) groups excluding carboxylic acids is 3. The van der Waals surface area contributed by atoms with Crippen LogP contribution < -0.4 is 16.5 Å². The van der Waals surface area contributed by atoms with E-state index in [2.05, 4.69) is 10.3 Å². The molecule has 0 aliphatic rings. The van der Waals surface area contributed by atoms with Gasteiger partial charge in [-0.05, 0) is 48.5 Å². The minimum atomic E-state index is -3.27. The SMILES string of the molecule is CCC(F)(F)c1ccc2c(=O)c(CNC(=O)c3ccc(C(N)=O)cc3)c(C(=O)OC)n(-c3ccccc3)c2n1. The predicted octanol–water partition coefficient (Wildman–Crippen LogP) is 3.70. The van der Waals surface area contributed by atoms with E-state index in [1.807, 2.05) is 0 Å². The molecule has 2 aromatic heterocycles. The van der Waals surface area contributed by atoms with Gasteiger partial charge in [-0.15, -0.1) is 0 Å². The maximum absolute atomic E-state index is 14.6. The number of ether oxygens (including phenoxy) is 1. The Labute approximate surface area is 221 Å². The minimum absolute atomic E-state index is 0.0304. The van der Waals surface area contributed by atoms with E-state index < -0.39 is 47.8 Å². The highest BCUT2D eigenvalue weighted by Crippen LogP contribution is 2.31. The van der Waals surface area contributed by atoms with Crippen LogP contribution >= 0.6 is 0 Å². The molecule has 0 bridgehead atoms. The molecule has 0 unspecified atom stereocenters. The molecule has 200 valence electrons. The summed E-state index contributed by atoms with van der Waals surface area (Å²) in [5.41, 5.74) is 4.19. The predicted molar refractivity (Wildman–Crippen MR) is 139 cm³/mol. The van der Waals surface area contributed by atoms with Crippen molar-refractivity contribution < 1.29 is 27.9 Å². The molecule has 3 N–H and O–H groups in total. The van der Waals surface area contributed by atoms with Crippen molar-refractivity contribution in [3.63, 3.8) is 0 Å². The van der Waals surface area contributed by atoms with Gasteiger partial charge in [0.15, 0.2) is 5.43 Å². The highest BCUT2D eigenvalue weighted by atomic mass is 19.3. The van der Waals surface area contributed by atoms with Crippen molar-refractivity contribution in [2.45, 2.75) is 25.8 Å². The summed E-state index contributed by atoms with van der Waals surface area (Å²) in [4.78, 5) is 54.9. The highest BCUT2D eigenvalue weighted by molar-refractivity contribution is 5.98. The van der Waals surface area contributed by atoms with Crippen molar-refractivity contribution in [2.75, 3.05) is 7.11 Å². The third-order valence-corrected chi connectivity index (χ3v) is 6.18. The number of nitrogens with two attached hydrogens (primary N) is 1. The molecule has 0 saturated carbocycles. The summed E-state index contributed by atoms with van der Waals surface area (Å²) in [6, 6.07) is 16.1. The number of para-hydroxylation sites is 1. The van der Waals surface area contributed by atoms with Crippen molar-refractivity contribution in [2.24, 2.45) is 5.73 Å². The standard InChI is InChI=1S/C28H24F2N4O5/c1-3-28(29,30)21-14-13-19-23(35)20(15-32-26(37)17-11-9-16(10-12-17)24(31)36)22(27(38)39-2)34(25(19)33-21)18-7-5-4-6-8-18/h4-14H,3,15H2,1-2H3,(H2,31,36)(H,32,37). The number of carbonyl (C=O) groups is 3. The number of benzene rings is 2. The lowest BCUT2D eigenvalue weighted by atomic mass is 10.1. The summed E-state index contributed by atoms with van der Waals surface area (Å²) < 4.78 is 35.4. The number of nitrogens with one attached hydrogen (secondary N) is 1. The highest BCUT2D eigenvalue weighted by Gasteiger charge is 2.32. The number of amides is 2. The van der Waals surface area contributed by atoms with Crippen molar-refractivity contribution in [1.82, 2.24) is 14.9 Å². The molecule has 0 saturated heterocycles. The van der Waals surface area contributed by atoms with E-state index in [9.17, 15) is 28.0 Å². The van der Waals surface area contributed by atoms with Gasteiger partial charge < -0.3 is 15.8 Å². The Morgan fingerprint density at radius 2 is 1.64 bits per heavy atom. The second-order valence-electron chi connectivity index (χ2n) is 8.57. The van der Waals surface area contributed by atoms with Crippen molar-refractivity contribution in [3.05, 3.63) is 105 Å². The lowest BCUT2D eigenvalue weighted by Crippen LogP contribution is -2.31. The normalized spacial score (nSPS) is 11.3. The number of hydrogen-bond donors (Lipinski definition) is 2. The second kappa shape index (κ2) is 10.8. The second-order valence-corrected chi connectivity index (χ2v) is 8.57. The van der Waals surface area contributed by atoms with Crippen LogP contribution in [0.5, 0.6) is 0 Å². The van der Waals surface area contributed by atoms with Crippen molar-refractivity contribution in [3.8, 4) is 5.69 Å². The fourth-order valence-electron chi connectivity index (χ4n) is 4.05. The summed E-state index contributed by atoms with van der Waals surface area (Å²) in [5.74, 6) is -5.45. The fourth-order valence-corrected chi connectivity index (χ4v) is 4.05. The van der Waals surface area contributed by atoms with Crippen LogP contribution in [-0.4, -0.2) is 34.4 Å². The number of nitrogens with zero attached hydrogens (tertiary/aromatic N) is 2. The Hall–Kier alpha value is -4.93. The number of methoxy groups -OCH3 is 1. The average Bonchev–Trinajstić information content (AvgIpc) is 2.96. The van der Waals surface area contributed by atoms with Gasteiger partial charge in [0.05, 0.1) is 18.1 Å². The molecular weight excluding hydrogens is 510 g/mol. The number of rotatable bonds is 8. The summed E-state index contributed by atoms with van der Waals surface area (Å²) >= 11 is 0. The Morgan fingerprint density at radius 1 is 1.00 bits per heavy atom. The molecule has 0 aliphatic carbocycles. The van der Waals surface area contributed by atoms with Crippen LogP contribution in [0, 0.1) is 0 Å². The topological polar surface area (TPSA) is 133 Å². The molecule has 4 aromatic rings. The van der Waals surface area contributed by atoms with Crippen molar-refractivity contribution >= 4 is 28.8 Å². The first-order chi connectivity index (χ1) is 18.6. The van der Waals surface area contributed by atoms with E-state index in [1.54, 1.807) is 30.3 Å². The van der Waals surface area contributed by atoms with Crippen LogP contribution in [0.15, 0.2) is 71.5 Å². The van der Waals surface area contributed by atoms with Gasteiger partial charge >= 0.3 is 5.97 Å². The summed E-state index contributed by atoms with van der Waals surface area (Å²) in [7, 11) is 1.12. The smallest absolute Gasteiger partial charge is 0.355 e. The van der Waals surface area contributed by atoms with Crippen LogP contribution in [-0.2, 0) is 17.2 Å². The van der Waals surface area contributed by atoms with Gasteiger partial charge in [0.2, 0.25) is 5.91 Å². The van der Waals surface area contributed by atoms with E-state index in [0.717, 1.165) is 13.2 Å².